The van der Waals surface area contributed by atoms with E-state index < -0.39 is 0 Å². The summed E-state index contributed by atoms with van der Waals surface area (Å²) in [6.07, 6.45) is 8.59. The molecule has 2 rings (SSSR count). The molecule has 1 saturated carbocycles. The summed E-state index contributed by atoms with van der Waals surface area (Å²) in [5.74, 6) is 1.64. The highest BCUT2D eigenvalue weighted by molar-refractivity contribution is 14.0. The SMILES string of the molecule is CN=C(NCc1ccoc1)NCC1(N(C)C)CCCC(C)C1.I. The molecule has 0 aromatic carbocycles. The Balaban J connectivity index is 0.00000264. The quantitative estimate of drug-likeness (QED) is 0.425. The maximum Gasteiger partial charge on any atom is 0.191 e. The third kappa shape index (κ3) is 5.67. The molecule has 0 saturated heterocycles. The number of guanidine groups is 1. The molecule has 1 aromatic rings. The summed E-state index contributed by atoms with van der Waals surface area (Å²) in [5.41, 5.74) is 1.35. The predicted molar refractivity (Wildman–Crippen MR) is 106 cm³/mol. The van der Waals surface area contributed by atoms with E-state index in [1.54, 1.807) is 12.5 Å². The highest BCUT2D eigenvalue weighted by atomic mass is 127. The van der Waals surface area contributed by atoms with Gasteiger partial charge >= 0.3 is 0 Å². The Bertz CT molecular complexity index is 475. The number of nitrogens with one attached hydrogen (secondary N) is 2. The van der Waals surface area contributed by atoms with Gasteiger partial charge in [0.1, 0.15) is 0 Å². The molecule has 2 unspecified atom stereocenters. The van der Waals surface area contributed by atoms with E-state index in [0.717, 1.165) is 30.5 Å². The van der Waals surface area contributed by atoms with Gasteiger partial charge in [-0.2, -0.15) is 0 Å². The molecule has 6 heteroatoms. The lowest BCUT2D eigenvalue weighted by Crippen LogP contribution is -2.56. The molecular formula is C17H31IN4O. The summed E-state index contributed by atoms with van der Waals surface area (Å²) in [7, 11) is 6.21. The van der Waals surface area contributed by atoms with Gasteiger partial charge in [0.2, 0.25) is 0 Å². The topological polar surface area (TPSA) is 52.8 Å². The van der Waals surface area contributed by atoms with E-state index in [2.05, 4.69) is 41.5 Å². The van der Waals surface area contributed by atoms with Crippen LogP contribution >= 0.6 is 24.0 Å². The summed E-state index contributed by atoms with van der Waals surface area (Å²) < 4.78 is 5.09. The van der Waals surface area contributed by atoms with Crippen LogP contribution in [0.25, 0.3) is 0 Å². The van der Waals surface area contributed by atoms with E-state index >= 15 is 0 Å². The molecule has 1 aromatic heterocycles. The molecule has 1 aliphatic carbocycles. The van der Waals surface area contributed by atoms with Crippen LogP contribution in [0, 0.1) is 5.92 Å². The van der Waals surface area contributed by atoms with Crippen molar-refractivity contribution < 1.29 is 4.42 Å². The average Bonchev–Trinajstić information content (AvgIpc) is 3.00. The number of nitrogens with zero attached hydrogens (tertiary/aromatic N) is 2. The fraction of sp³-hybridized carbons (Fsp3) is 0.706. The van der Waals surface area contributed by atoms with Gasteiger partial charge in [-0.05, 0) is 38.9 Å². The number of hydrogen-bond acceptors (Lipinski definition) is 3. The Morgan fingerprint density at radius 2 is 2.22 bits per heavy atom. The highest BCUT2D eigenvalue weighted by Crippen LogP contribution is 2.35. The smallest absolute Gasteiger partial charge is 0.191 e. The summed E-state index contributed by atoms with van der Waals surface area (Å²) in [4.78, 5) is 6.71. The second-order valence-corrected chi connectivity index (χ2v) is 6.73. The number of halogens is 1. The molecule has 2 atom stereocenters. The maximum absolute atomic E-state index is 5.09. The number of aliphatic imine (C=N–C) groups is 1. The van der Waals surface area contributed by atoms with Crippen molar-refractivity contribution in [3.05, 3.63) is 24.2 Å². The van der Waals surface area contributed by atoms with Gasteiger partial charge in [-0.3, -0.25) is 4.99 Å². The van der Waals surface area contributed by atoms with Crippen LogP contribution in [0.1, 0.15) is 38.2 Å². The van der Waals surface area contributed by atoms with Crippen LogP contribution in [0.4, 0.5) is 0 Å². The first-order valence-electron chi connectivity index (χ1n) is 8.19. The first-order chi connectivity index (χ1) is 10.6. The van der Waals surface area contributed by atoms with Gasteiger partial charge in [-0.15, -0.1) is 24.0 Å². The van der Waals surface area contributed by atoms with Crippen molar-refractivity contribution in [2.45, 2.75) is 44.7 Å². The lowest BCUT2D eigenvalue weighted by Gasteiger charge is -2.45. The number of furan rings is 1. The molecule has 0 radical (unpaired) electrons. The van der Waals surface area contributed by atoms with Gasteiger partial charge in [0.05, 0.1) is 12.5 Å². The zero-order valence-corrected chi connectivity index (χ0v) is 17.1. The van der Waals surface area contributed by atoms with E-state index in [0.29, 0.717) is 0 Å². The van der Waals surface area contributed by atoms with Crippen LogP contribution < -0.4 is 10.6 Å². The Hall–Kier alpha value is -0.760. The standard InChI is InChI=1S/C17H30N4O.HI/c1-14-6-5-8-17(10-14,21(3)4)13-20-16(18-2)19-11-15-7-9-22-12-15;/h7,9,12,14H,5-6,8,10-11,13H2,1-4H3,(H2,18,19,20);1H. The summed E-state index contributed by atoms with van der Waals surface area (Å²) >= 11 is 0. The predicted octanol–water partition coefficient (Wildman–Crippen LogP) is 3.07. The van der Waals surface area contributed by atoms with Gasteiger partial charge in [0, 0.05) is 31.2 Å². The Labute approximate surface area is 157 Å². The minimum absolute atomic E-state index is 0. The molecule has 0 spiro atoms. The van der Waals surface area contributed by atoms with Gasteiger partial charge in [0.15, 0.2) is 5.96 Å². The molecule has 1 aliphatic rings. The molecule has 1 fully saturated rings. The van der Waals surface area contributed by atoms with E-state index in [-0.39, 0.29) is 29.5 Å². The van der Waals surface area contributed by atoms with E-state index in [9.17, 15) is 0 Å². The highest BCUT2D eigenvalue weighted by Gasteiger charge is 2.36. The van der Waals surface area contributed by atoms with E-state index in [1.165, 1.54) is 25.7 Å². The lowest BCUT2D eigenvalue weighted by atomic mass is 9.75. The first-order valence-corrected chi connectivity index (χ1v) is 8.19. The van der Waals surface area contributed by atoms with E-state index in [4.69, 9.17) is 4.42 Å². The van der Waals surface area contributed by atoms with Crippen LogP contribution in [-0.2, 0) is 6.54 Å². The Morgan fingerprint density at radius 1 is 1.43 bits per heavy atom. The third-order valence-corrected chi connectivity index (χ3v) is 4.86. The van der Waals surface area contributed by atoms with Crippen molar-refractivity contribution in [2.24, 2.45) is 10.9 Å². The van der Waals surface area contributed by atoms with Crippen molar-refractivity contribution in [3.8, 4) is 0 Å². The zero-order chi connectivity index (χ0) is 16.0. The molecule has 23 heavy (non-hydrogen) atoms. The summed E-state index contributed by atoms with van der Waals surface area (Å²) in [5, 5.41) is 6.85. The minimum atomic E-state index is 0. The molecule has 0 bridgehead atoms. The fourth-order valence-electron chi connectivity index (χ4n) is 3.41. The average molecular weight is 434 g/mol. The third-order valence-electron chi connectivity index (χ3n) is 4.86. The molecule has 1 heterocycles. The van der Waals surface area contributed by atoms with Crippen molar-refractivity contribution in [2.75, 3.05) is 27.7 Å². The van der Waals surface area contributed by atoms with Gasteiger partial charge < -0.3 is 20.0 Å². The lowest BCUT2D eigenvalue weighted by molar-refractivity contribution is 0.0795. The van der Waals surface area contributed by atoms with Crippen molar-refractivity contribution >= 4 is 29.9 Å². The molecular weight excluding hydrogens is 403 g/mol. The minimum Gasteiger partial charge on any atom is -0.472 e. The summed E-state index contributed by atoms with van der Waals surface area (Å²) in [6, 6.07) is 1.96. The number of likely N-dealkylation sites (N-methyl/N-ethyl adjacent to an activating group) is 1. The van der Waals surface area contributed by atoms with Crippen LogP contribution in [0.15, 0.2) is 28.0 Å². The monoisotopic (exact) mass is 434 g/mol. The second-order valence-electron chi connectivity index (χ2n) is 6.73. The first kappa shape index (κ1) is 20.3. The molecule has 132 valence electrons. The largest absolute Gasteiger partial charge is 0.472 e. The Kier molecular flexibility index (Phi) is 8.39. The number of hydrogen-bond donors (Lipinski definition) is 2. The van der Waals surface area contributed by atoms with Crippen molar-refractivity contribution in [1.29, 1.82) is 0 Å². The van der Waals surface area contributed by atoms with E-state index in [1.807, 2.05) is 13.1 Å². The molecule has 0 aliphatic heterocycles. The van der Waals surface area contributed by atoms with Gasteiger partial charge in [-0.1, -0.05) is 19.8 Å². The number of rotatable bonds is 5. The molecule has 2 N–H and O–H groups in total. The molecule has 5 nitrogen and oxygen atoms in total. The van der Waals surface area contributed by atoms with Crippen LogP contribution in [0.5, 0.6) is 0 Å². The van der Waals surface area contributed by atoms with Gasteiger partial charge in [-0.25, -0.2) is 0 Å². The van der Waals surface area contributed by atoms with Gasteiger partial charge in [0.25, 0.3) is 0 Å². The maximum atomic E-state index is 5.09. The second kappa shape index (κ2) is 9.52. The summed E-state index contributed by atoms with van der Waals surface area (Å²) in [6.45, 7) is 4.01. The van der Waals surface area contributed by atoms with Crippen LogP contribution in [0.3, 0.4) is 0 Å². The Morgan fingerprint density at radius 3 is 2.78 bits per heavy atom. The molecule has 0 amide bonds. The van der Waals surface area contributed by atoms with Crippen LogP contribution in [-0.4, -0.2) is 44.1 Å². The zero-order valence-electron chi connectivity index (χ0n) is 14.8. The van der Waals surface area contributed by atoms with Crippen molar-refractivity contribution in [1.82, 2.24) is 15.5 Å². The normalized spacial score (nSPS) is 25.1. The van der Waals surface area contributed by atoms with Crippen molar-refractivity contribution in [3.63, 3.8) is 0 Å². The van der Waals surface area contributed by atoms with Crippen LogP contribution in [0.2, 0.25) is 0 Å². The fourth-order valence-corrected chi connectivity index (χ4v) is 3.41.